The van der Waals surface area contributed by atoms with E-state index < -0.39 is 74.9 Å². The summed E-state index contributed by atoms with van der Waals surface area (Å²) in [6.45, 7) is 4.97. The van der Waals surface area contributed by atoms with Crippen molar-refractivity contribution in [2.75, 3.05) is 10.2 Å². The Bertz CT molecular complexity index is 5220. The van der Waals surface area contributed by atoms with Crippen LogP contribution in [0.4, 0.5) is 55.3 Å². The minimum atomic E-state index is -4.87. The minimum absolute atomic E-state index is 0.0133. The van der Waals surface area contributed by atoms with Crippen LogP contribution in [0.5, 0.6) is 23.0 Å². The molecule has 0 atom stereocenters. The number of aromatic nitrogens is 3. The lowest BCUT2D eigenvalue weighted by Crippen LogP contribution is -2.29. The first-order valence-corrected chi connectivity index (χ1v) is 33.3. The number of carbonyl (C=O) groups is 5. The zero-order chi connectivity index (χ0) is 73.6. The van der Waals surface area contributed by atoms with Crippen LogP contribution in [0.25, 0.3) is 44.2 Å². The molecule has 10 aromatic rings. The minimum Gasteiger partial charge on any atom is -0.395 e. The molecule has 2 saturated carbocycles. The predicted octanol–water partition coefficient (Wildman–Crippen LogP) is 17.6. The van der Waals surface area contributed by atoms with E-state index in [1.54, 1.807) is 36.4 Å². The summed E-state index contributed by atoms with van der Waals surface area (Å²) in [5.41, 5.74) is 1.71. The number of Topliss-reactive ketones (excluding diaryl/α,β-unsaturated/α-hetero) is 4. The highest BCUT2D eigenvalue weighted by Gasteiger charge is 2.54. The van der Waals surface area contributed by atoms with Crippen LogP contribution in [0, 0.1) is 6.92 Å². The van der Waals surface area contributed by atoms with Crippen LogP contribution >= 0.6 is 0 Å². The van der Waals surface area contributed by atoms with Crippen molar-refractivity contribution in [2.45, 2.75) is 133 Å². The van der Waals surface area contributed by atoms with Gasteiger partial charge in [-0.1, -0.05) is 91.0 Å². The molecule has 3 aromatic heterocycles. The van der Waals surface area contributed by atoms with Crippen LogP contribution in [0.3, 0.4) is 0 Å². The zero-order valence-corrected chi connectivity index (χ0v) is 55.6. The Labute approximate surface area is 586 Å². The number of rotatable bonds is 15. The zero-order valence-electron chi connectivity index (χ0n) is 55.6. The number of pyridine rings is 3. The SMILES string of the molecule is CC(=O)c1ccc(-c2nc(CC(=O)C3(c4ccc5c(c4)OC(F)(F)O5)CC3)cc3ccccc23)cc1.CC(=O)c1cccc(-c2nc(CC(=O)C3(c4ccc5c(c4)OC(F)(F)O5)CC3)ccc2C)c1.O=C(Nc1ccc(N2C3CCC2CC3)cc1C(F)(F)F)c1c[nH]c2cccc(C(F)(F)F)c2c1=O. The average Bonchev–Trinajstić information content (AvgIpc) is 1.54. The maximum absolute atomic E-state index is 13.9. The summed E-state index contributed by atoms with van der Waals surface area (Å²) in [7, 11) is 0. The number of aryl methyl sites for hydroxylation is 1. The van der Waals surface area contributed by atoms with Crippen molar-refractivity contribution >= 4 is 62.1 Å². The van der Waals surface area contributed by atoms with E-state index in [4.69, 9.17) is 9.97 Å². The number of ketones is 4. The second-order valence-corrected chi connectivity index (χ2v) is 26.8. The number of benzene rings is 7. The number of hydrogen-bond donors (Lipinski definition) is 2. The van der Waals surface area contributed by atoms with Crippen LogP contribution in [-0.4, -0.2) is 68.7 Å². The van der Waals surface area contributed by atoms with E-state index in [2.05, 4.69) is 29.2 Å². The molecule has 2 aliphatic carbocycles. The number of anilines is 2. The number of nitrogens with one attached hydrogen (secondary N) is 2. The van der Waals surface area contributed by atoms with Gasteiger partial charge in [0.05, 0.1) is 44.4 Å². The number of fused-ring (bicyclic) bond motifs is 6. The van der Waals surface area contributed by atoms with Crippen molar-refractivity contribution < 1.29 is 86.8 Å². The molecule has 0 radical (unpaired) electrons. The number of ether oxygens (including phenoxy) is 4. The molecule has 532 valence electrons. The summed E-state index contributed by atoms with van der Waals surface area (Å²) in [6, 6.07) is 44.1. The van der Waals surface area contributed by atoms with E-state index in [0.717, 1.165) is 88.9 Å². The number of halogens is 10. The van der Waals surface area contributed by atoms with Crippen molar-refractivity contribution in [3.63, 3.8) is 0 Å². The molecule has 2 saturated heterocycles. The first-order chi connectivity index (χ1) is 49.4. The van der Waals surface area contributed by atoms with Gasteiger partial charge in [0.25, 0.3) is 5.91 Å². The lowest BCUT2D eigenvalue weighted by atomic mass is 9.88. The number of H-pyrrole nitrogens is 1. The molecule has 0 unspecified atom stereocenters. The van der Waals surface area contributed by atoms with Crippen LogP contribution in [0.1, 0.15) is 135 Å². The number of carbonyl (C=O) groups excluding carboxylic acids is 5. The summed E-state index contributed by atoms with van der Waals surface area (Å²) < 4.78 is 154. The third-order valence-electron chi connectivity index (χ3n) is 20.0. The summed E-state index contributed by atoms with van der Waals surface area (Å²) >= 11 is 0. The lowest BCUT2D eigenvalue weighted by molar-refractivity contribution is -0.287. The van der Waals surface area contributed by atoms with Crippen LogP contribution in [0.15, 0.2) is 175 Å². The van der Waals surface area contributed by atoms with Gasteiger partial charge >= 0.3 is 24.9 Å². The lowest BCUT2D eigenvalue weighted by Gasteiger charge is -2.26. The fraction of sp³-hybridized carbons (Fsp3) is 0.266. The van der Waals surface area contributed by atoms with Gasteiger partial charge in [-0.3, -0.25) is 38.7 Å². The van der Waals surface area contributed by atoms with Gasteiger partial charge in [-0.25, -0.2) is 0 Å². The smallest absolute Gasteiger partial charge is 0.395 e. The number of hydrogen-bond acceptors (Lipinski definition) is 13. The van der Waals surface area contributed by atoms with Gasteiger partial charge in [-0.05, 0) is 167 Å². The standard InChI is InChI=1S/C29H21F2NO4.C26H21F2NO4.C24H19F6N3O2/c1-17(33)18-6-8-19(9-7-18)27-23-5-3-2-4-20(23)14-22(32-27)16-26(34)28(12-13-28)21-10-11-24-25(15-21)36-29(30,31)35-24;1-15-6-8-20(29-24(15)18-5-3-4-17(12-18)16(2)30)14-23(31)25(10-11-25)19-7-9-21-22(13-19)33-26(27,28)32-21;25-23(26,27)16-2-1-3-19-20(16)21(34)15(11-31-19)22(35)32-18-9-8-14(10-17(18)24(28,29)30)33-12-4-5-13(33)7-6-12/h2-11,14-15H,12-13,16H2,1H3;3-9,12-13H,10-11,14H2,1-2H3;1-3,8-13H,4-7H2,(H,31,34)(H,32,35). The molecular formula is C79H61F10N5O10. The maximum atomic E-state index is 13.9. The fourth-order valence-electron chi connectivity index (χ4n) is 14.4. The van der Waals surface area contributed by atoms with Crippen molar-refractivity contribution in [3.05, 3.63) is 236 Å². The van der Waals surface area contributed by atoms with Gasteiger partial charge in [-0.15, -0.1) is 17.6 Å². The molecule has 0 spiro atoms. The molecule has 4 aliphatic heterocycles. The molecule has 7 heterocycles. The van der Waals surface area contributed by atoms with Crippen molar-refractivity contribution in [1.82, 2.24) is 15.0 Å². The molecule has 15 nitrogen and oxygen atoms in total. The van der Waals surface area contributed by atoms with Crippen LogP contribution in [0.2, 0.25) is 0 Å². The summed E-state index contributed by atoms with van der Waals surface area (Å²) in [5.74, 6) is -1.52. The molecule has 4 fully saturated rings. The van der Waals surface area contributed by atoms with Gasteiger partial charge in [0.2, 0.25) is 5.43 Å². The molecule has 1 amide bonds. The normalized spacial score (nSPS) is 17.9. The van der Waals surface area contributed by atoms with Crippen molar-refractivity contribution in [1.29, 1.82) is 0 Å². The Kier molecular flexibility index (Phi) is 17.6. The highest BCUT2D eigenvalue weighted by atomic mass is 19.4. The number of alkyl halides is 10. The maximum Gasteiger partial charge on any atom is 0.586 e. The van der Waals surface area contributed by atoms with Gasteiger partial charge in [0.1, 0.15) is 17.1 Å². The largest absolute Gasteiger partial charge is 0.586 e. The highest BCUT2D eigenvalue weighted by Crippen LogP contribution is 2.55. The van der Waals surface area contributed by atoms with E-state index in [-0.39, 0.29) is 76.6 Å². The third-order valence-corrected chi connectivity index (χ3v) is 20.0. The molecule has 2 bridgehead atoms. The van der Waals surface area contributed by atoms with E-state index in [1.807, 2.05) is 78.6 Å². The van der Waals surface area contributed by atoms with Crippen molar-refractivity contribution in [2.24, 2.45) is 0 Å². The van der Waals surface area contributed by atoms with Gasteiger partial charge in [0.15, 0.2) is 34.6 Å². The monoisotopic (exact) mass is 1430 g/mol. The fourth-order valence-corrected chi connectivity index (χ4v) is 14.4. The first-order valence-electron chi connectivity index (χ1n) is 33.3. The van der Waals surface area contributed by atoms with Crippen molar-refractivity contribution in [3.8, 4) is 45.5 Å². The van der Waals surface area contributed by atoms with E-state index in [0.29, 0.717) is 71.1 Å². The Morgan fingerprint density at radius 3 is 1.68 bits per heavy atom. The van der Waals surface area contributed by atoms with Gasteiger partial charge < -0.3 is 34.1 Å². The molecule has 25 heteroatoms. The van der Waals surface area contributed by atoms with E-state index >= 15 is 0 Å². The van der Waals surface area contributed by atoms with E-state index in [9.17, 15) is 72.7 Å². The highest BCUT2D eigenvalue weighted by molar-refractivity contribution is 6.07. The number of aromatic amines is 1. The second kappa shape index (κ2) is 26.2. The summed E-state index contributed by atoms with van der Waals surface area (Å²) in [5, 5.41) is 3.21. The topological polar surface area (TPSA) is 196 Å². The molecule has 2 N–H and O–H groups in total. The molecule has 6 aliphatic rings. The van der Waals surface area contributed by atoms with Gasteiger partial charge in [-0.2, -0.15) is 26.3 Å². The average molecular weight is 1430 g/mol. The predicted molar refractivity (Wildman–Crippen MR) is 364 cm³/mol. The van der Waals surface area contributed by atoms with Crippen LogP contribution in [-0.2, 0) is 45.6 Å². The second-order valence-electron chi connectivity index (χ2n) is 26.8. The Hall–Kier alpha value is -11.2. The molecule has 104 heavy (non-hydrogen) atoms. The van der Waals surface area contributed by atoms with Gasteiger partial charge in [0, 0.05) is 81.4 Å². The Morgan fingerprint density at radius 2 is 1.11 bits per heavy atom. The Balaban J connectivity index is 0.000000132. The summed E-state index contributed by atoms with van der Waals surface area (Å²) in [6.07, 6.45) is -9.76. The quantitative estimate of drug-likeness (QED) is 0.0727. The molecule has 7 aromatic carbocycles. The number of nitrogens with zero attached hydrogens (tertiary/aromatic N) is 3. The number of amides is 1. The first kappa shape index (κ1) is 69.8. The Morgan fingerprint density at radius 1 is 0.548 bits per heavy atom. The van der Waals surface area contributed by atoms with E-state index in [1.165, 1.54) is 50.2 Å². The van der Waals surface area contributed by atoms with Crippen LogP contribution < -0.4 is 34.6 Å². The third kappa shape index (κ3) is 13.7. The molecular weight excluding hydrogens is 1370 g/mol. The summed E-state index contributed by atoms with van der Waals surface area (Å²) in [4.78, 5) is 89.9. The molecule has 16 rings (SSSR count).